The average Bonchev–Trinajstić information content (AvgIpc) is 2.43. The molecule has 126 valence electrons. The van der Waals surface area contributed by atoms with Crippen molar-refractivity contribution in [1.82, 2.24) is 10.0 Å². The molecule has 1 aromatic rings. The number of likely N-dealkylation sites (N-methyl/N-ethyl adjacent to an activating group) is 1. The Bertz CT molecular complexity index is 596. The van der Waals surface area contributed by atoms with E-state index in [-0.39, 0.29) is 23.9 Å². The van der Waals surface area contributed by atoms with Crippen LogP contribution in [0.1, 0.15) is 24.2 Å². The minimum Gasteiger partial charge on any atom is -0.462 e. The molecule has 0 aliphatic rings. The molecule has 0 atom stereocenters. The molecule has 1 rings (SSSR count). The fraction of sp³-hybridized carbons (Fsp3) is 0.462. The number of esters is 1. The Labute approximate surface area is 145 Å². The quantitative estimate of drug-likeness (QED) is 0.501. The van der Waals surface area contributed by atoms with Gasteiger partial charge in [-0.05, 0) is 47.6 Å². The van der Waals surface area contributed by atoms with E-state index in [1.807, 2.05) is 6.92 Å². The SMILES string of the molecule is CCNCCNS(=O)(=O)c1ccc(C(=O)OCC)cc1Br.Cl. The van der Waals surface area contributed by atoms with Crippen LogP contribution in [0.3, 0.4) is 0 Å². The normalized spacial score (nSPS) is 10.9. The molecule has 0 radical (unpaired) electrons. The molecule has 0 fully saturated rings. The molecule has 6 nitrogen and oxygen atoms in total. The maximum atomic E-state index is 12.1. The van der Waals surface area contributed by atoms with E-state index < -0.39 is 16.0 Å². The van der Waals surface area contributed by atoms with Crippen molar-refractivity contribution in [3.63, 3.8) is 0 Å². The van der Waals surface area contributed by atoms with Gasteiger partial charge in [0.25, 0.3) is 0 Å². The highest BCUT2D eigenvalue weighted by Gasteiger charge is 2.19. The molecule has 0 saturated carbocycles. The number of sulfonamides is 1. The number of halogens is 2. The zero-order chi connectivity index (χ0) is 15.9. The Morgan fingerprint density at radius 1 is 1.27 bits per heavy atom. The smallest absolute Gasteiger partial charge is 0.338 e. The first kappa shape index (κ1) is 21.3. The zero-order valence-corrected chi connectivity index (χ0v) is 15.6. The van der Waals surface area contributed by atoms with Crippen molar-refractivity contribution in [3.05, 3.63) is 28.2 Å². The second kappa shape index (κ2) is 10.2. The van der Waals surface area contributed by atoms with Crippen molar-refractivity contribution in [1.29, 1.82) is 0 Å². The molecule has 0 heterocycles. The van der Waals surface area contributed by atoms with E-state index in [9.17, 15) is 13.2 Å². The van der Waals surface area contributed by atoms with Crippen LogP contribution in [0.15, 0.2) is 27.6 Å². The summed E-state index contributed by atoms with van der Waals surface area (Å²) in [6, 6.07) is 4.25. The summed E-state index contributed by atoms with van der Waals surface area (Å²) in [4.78, 5) is 11.7. The molecule has 22 heavy (non-hydrogen) atoms. The lowest BCUT2D eigenvalue weighted by Crippen LogP contribution is -2.32. The fourth-order valence-electron chi connectivity index (χ4n) is 1.59. The van der Waals surface area contributed by atoms with Crippen LogP contribution in [0.5, 0.6) is 0 Å². The molecule has 0 aromatic heterocycles. The van der Waals surface area contributed by atoms with Gasteiger partial charge in [-0.2, -0.15) is 0 Å². The maximum Gasteiger partial charge on any atom is 0.338 e. The maximum absolute atomic E-state index is 12.1. The van der Waals surface area contributed by atoms with Crippen molar-refractivity contribution in [3.8, 4) is 0 Å². The molecule has 0 aliphatic carbocycles. The van der Waals surface area contributed by atoms with Gasteiger partial charge in [0, 0.05) is 17.6 Å². The summed E-state index contributed by atoms with van der Waals surface area (Å²) in [5, 5.41) is 3.03. The number of carbonyl (C=O) groups is 1. The van der Waals surface area contributed by atoms with Crippen LogP contribution in [-0.2, 0) is 14.8 Å². The van der Waals surface area contributed by atoms with Gasteiger partial charge >= 0.3 is 5.97 Å². The summed E-state index contributed by atoms with van der Waals surface area (Å²) < 4.78 is 32.0. The van der Waals surface area contributed by atoms with E-state index in [0.29, 0.717) is 23.1 Å². The molecule has 2 N–H and O–H groups in total. The summed E-state index contributed by atoms with van der Waals surface area (Å²) in [5.74, 6) is -0.484. The van der Waals surface area contributed by atoms with Crippen molar-refractivity contribution >= 4 is 44.3 Å². The molecular weight excluding hydrogens is 396 g/mol. The van der Waals surface area contributed by atoms with Gasteiger partial charge in [-0.15, -0.1) is 12.4 Å². The van der Waals surface area contributed by atoms with Crippen molar-refractivity contribution < 1.29 is 17.9 Å². The summed E-state index contributed by atoms with van der Waals surface area (Å²) in [7, 11) is -3.62. The Hall–Kier alpha value is -0.670. The third-order valence-electron chi connectivity index (χ3n) is 2.58. The third-order valence-corrected chi connectivity index (χ3v) is 5.01. The molecule has 9 heteroatoms. The molecule has 0 amide bonds. The Morgan fingerprint density at radius 3 is 2.50 bits per heavy atom. The molecule has 0 unspecified atom stereocenters. The first-order valence-corrected chi connectivity index (χ1v) is 8.87. The number of benzene rings is 1. The molecular formula is C13H20BrClN2O4S. The second-order valence-electron chi connectivity index (χ2n) is 4.12. The van der Waals surface area contributed by atoms with Crippen LogP contribution in [-0.4, -0.2) is 40.6 Å². The van der Waals surface area contributed by atoms with E-state index >= 15 is 0 Å². The standard InChI is InChI=1S/C13H19BrN2O4S.ClH/c1-3-15-7-8-16-21(18,19)12-6-5-10(9-11(12)14)13(17)20-4-2;/h5-6,9,15-16H,3-4,7-8H2,1-2H3;1H. The number of hydrogen-bond donors (Lipinski definition) is 2. The second-order valence-corrected chi connectivity index (χ2v) is 6.71. The van der Waals surface area contributed by atoms with E-state index in [2.05, 4.69) is 26.0 Å². The van der Waals surface area contributed by atoms with Crippen LogP contribution in [0.4, 0.5) is 0 Å². The summed E-state index contributed by atoms with van der Waals surface area (Å²) >= 11 is 3.18. The van der Waals surface area contributed by atoms with E-state index in [1.165, 1.54) is 18.2 Å². The molecule has 1 aromatic carbocycles. The Balaban J connectivity index is 0.00000441. The van der Waals surface area contributed by atoms with Gasteiger partial charge in [-0.25, -0.2) is 17.9 Å². The van der Waals surface area contributed by atoms with Gasteiger partial charge in [-0.1, -0.05) is 6.92 Å². The highest BCUT2D eigenvalue weighted by Crippen LogP contribution is 2.23. The predicted octanol–water partition coefficient (Wildman–Crippen LogP) is 1.94. The lowest BCUT2D eigenvalue weighted by Gasteiger charge is -2.10. The first-order valence-electron chi connectivity index (χ1n) is 6.59. The summed E-state index contributed by atoms with van der Waals surface area (Å²) in [6.45, 7) is 5.54. The van der Waals surface area contributed by atoms with Gasteiger partial charge in [0.1, 0.15) is 0 Å². The number of hydrogen-bond acceptors (Lipinski definition) is 5. The number of nitrogens with one attached hydrogen (secondary N) is 2. The number of carbonyl (C=O) groups excluding carboxylic acids is 1. The number of ether oxygens (including phenoxy) is 1. The zero-order valence-electron chi connectivity index (χ0n) is 12.4. The largest absolute Gasteiger partial charge is 0.462 e. The van der Waals surface area contributed by atoms with E-state index in [0.717, 1.165) is 6.54 Å². The van der Waals surface area contributed by atoms with Gasteiger partial charge < -0.3 is 10.1 Å². The Kier molecular flexibility index (Phi) is 9.86. The molecule has 0 bridgehead atoms. The van der Waals surface area contributed by atoms with Crippen molar-refractivity contribution in [2.75, 3.05) is 26.2 Å². The van der Waals surface area contributed by atoms with E-state index in [1.54, 1.807) is 6.92 Å². The van der Waals surface area contributed by atoms with Crippen molar-refractivity contribution in [2.45, 2.75) is 18.7 Å². The first-order chi connectivity index (χ1) is 9.92. The lowest BCUT2D eigenvalue weighted by molar-refractivity contribution is 0.0526. The summed E-state index contributed by atoms with van der Waals surface area (Å²) in [5.41, 5.74) is 0.301. The average molecular weight is 416 g/mol. The predicted molar refractivity (Wildman–Crippen MR) is 91.1 cm³/mol. The highest BCUT2D eigenvalue weighted by atomic mass is 79.9. The third kappa shape index (κ3) is 6.21. The monoisotopic (exact) mass is 414 g/mol. The molecule has 0 saturated heterocycles. The van der Waals surface area contributed by atoms with Crippen LogP contribution in [0, 0.1) is 0 Å². The van der Waals surface area contributed by atoms with Crippen LogP contribution in [0.2, 0.25) is 0 Å². The van der Waals surface area contributed by atoms with Crippen LogP contribution < -0.4 is 10.0 Å². The van der Waals surface area contributed by atoms with Gasteiger partial charge in [-0.3, -0.25) is 0 Å². The molecule has 0 spiro atoms. The Morgan fingerprint density at radius 2 is 1.95 bits per heavy atom. The van der Waals surface area contributed by atoms with Crippen LogP contribution in [0.25, 0.3) is 0 Å². The van der Waals surface area contributed by atoms with Crippen LogP contribution >= 0.6 is 28.3 Å². The van der Waals surface area contributed by atoms with Crippen molar-refractivity contribution in [2.24, 2.45) is 0 Å². The fourth-order valence-corrected chi connectivity index (χ4v) is 3.70. The van der Waals surface area contributed by atoms with Gasteiger partial charge in [0.2, 0.25) is 10.0 Å². The number of rotatable bonds is 8. The van der Waals surface area contributed by atoms with Gasteiger partial charge in [0.15, 0.2) is 0 Å². The molecule has 0 aliphatic heterocycles. The summed E-state index contributed by atoms with van der Waals surface area (Å²) in [6.07, 6.45) is 0. The van der Waals surface area contributed by atoms with E-state index in [4.69, 9.17) is 4.74 Å². The minimum atomic E-state index is -3.62. The topological polar surface area (TPSA) is 84.5 Å². The highest BCUT2D eigenvalue weighted by molar-refractivity contribution is 9.10. The lowest BCUT2D eigenvalue weighted by atomic mass is 10.2. The minimum absolute atomic E-state index is 0. The van der Waals surface area contributed by atoms with Gasteiger partial charge in [0.05, 0.1) is 17.1 Å².